The summed E-state index contributed by atoms with van der Waals surface area (Å²) in [6.45, 7) is -0.259. The number of amidine groups is 1. The average molecular weight is 346 g/mol. The Morgan fingerprint density at radius 1 is 1.25 bits per heavy atom. The second kappa shape index (κ2) is 8.11. The third-order valence-electron chi connectivity index (χ3n) is 2.95. The highest BCUT2D eigenvalue weighted by Gasteiger charge is 2.08. The first kappa shape index (κ1) is 17.5. The zero-order valence-electron chi connectivity index (χ0n) is 13.4. The number of hydrogen-bond donors (Lipinski definition) is 2. The van der Waals surface area contributed by atoms with Crippen molar-refractivity contribution in [3.8, 4) is 0 Å². The van der Waals surface area contributed by atoms with E-state index in [0.717, 1.165) is 4.88 Å². The van der Waals surface area contributed by atoms with Crippen molar-refractivity contribution in [2.45, 2.75) is 0 Å². The number of nitrogens with zero attached hydrogens (tertiary/aromatic N) is 2. The molecule has 0 atom stereocenters. The lowest BCUT2D eigenvalue weighted by Crippen LogP contribution is -2.22. The number of amides is 2. The molecule has 1 aromatic carbocycles. The van der Waals surface area contributed by atoms with Crippen LogP contribution in [-0.2, 0) is 9.63 Å². The van der Waals surface area contributed by atoms with Gasteiger partial charge < -0.3 is 20.8 Å². The molecule has 8 heteroatoms. The molecule has 2 amide bonds. The van der Waals surface area contributed by atoms with Gasteiger partial charge in [-0.05, 0) is 35.7 Å². The number of oxime groups is 1. The molecule has 1 heterocycles. The molecule has 2 rings (SSSR count). The number of anilines is 1. The van der Waals surface area contributed by atoms with E-state index >= 15 is 0 Å². The second-order valence-corrected chi connectivity index (χ2v) is 6.00. The Balaban J connectivity index is 1.84. The molecule has 0 unspecified atom stereocenters. The fraction of sp³-hybridized carbons (Fsp3) is 0.188. The fourth-order valence-corrected chi connectivity index (χ4v) is 2.40. The van der Waals surface area contributed by atoms with Crippen molar-refractivity contribution in [2.24, 2.45) is 10.9 Å². The number of nitrogens with one attached hydrogen (secondary N) is 1. The van der Waals surface area contributed by atoms with Crippen LogP contribution in [0.25, 0.3) is 0 Å². The third-order valence-corrected chi connectivity index (χ3v) is 3.85. The average Bonchev–Trinajstić information content (AvgIpc) is 3.09. The molecule has 24 heavy (non-hydrogen) atoms. The molecule has 0 aliphatic heterocycles. The Morgan fingerprint density at radius 3 is 2.54 bits per heavy atom. The van der Waals surface area contributed by atoms with E-state index in [0.29, 0.717) is 11.3 Å². The highest BCUT2D eigenvalue weighted by atomic mass is 32.1. The van der Waals surface area contributed by atoms with Crippen LogP contribution in [0.2, 0.25) is 0 Å². The lowest BCUT2D eigenvalue weighted by atomic mass is 10.2. The zero-order chi connectivity index (χ0) is 17.5. The SMILES string of the molecule is CN(C)C(=O)c1ccc(NC(=O)CO/N=C(\N)c2cccs2)cc1. The quantitative estimate of drug-likeness (QED) is 0.473. The highest BCUT2D eigenvalue weighted by molar-refractivity contribution is 7.12. The molecule has 0 saturated heterocycles. The minimum atomic E-state index is -0.371. The second-order valence-electron chi connectivity index (χ2n) is 5.05. The van der Waals surface area contributed by atoms with E-state index in [2.05, 4.69) is 10.5 Å². The Kier molecular flexibility index (Phi) is 5.91. The van der Waals surface area contributed by atoms with Gasteiger partial charge in [0, 0.05) is 25.3 Å². The molecule has 2 aromatic rings. The van der Waals surface area contributed by atoms with E-state index in [1.54, 1.807) is 38.4 Å². The summed E-state index contributed by atoms with van der Waals surface area (Å²) in [5.74, 6) is -0.247. The molecule has 126 valence electrons. The number of thiophene rings is 1. The topological polar surface area (TPSA) is 97.0 Å². The van der Waals surface area contributed by atoms with Crippen molar-refractivity contribution < 1.29 is 14.4 Å². The monoisotopic (exact) mass is 346 g/mol. The Hall–Kier alpha value is -2.87. The Morgan fingerprint density at radius 2 is 1.96 bits per heavy atom. The number of nitrogens with two attached hydrogens (primary N) is 1. The van der Waals surface area contributed by atoms with Crippen molar-refractivity contribution >= 4 is 34.7 Å². The lowest BCUT2D eigenvalue weighted by molar-refractivity contribution is -0.120. The minimum Gasteiger partial charge on any atom is -0.384 e. The molecule has 3 N–H and O–H groups in total. The smallest absolute Gasteiger partial charge is 0.265 e. The maximum Gasteiger partial charge on any atom is 0.265 e. The molecule has 1 aromatic heterocycles. The maximum atomic E-state index is 11.8. The van der Waals surface area contributed by atoms with Crippen LogP contribution in [0, 0.1) is 0 Å². The summed E-state index contributed by atoms with van der Waals surface area (Å²) >= 11 is 1.43. The molecule has 0 saturated carbocycles. The van der Waals surface area contributed by atoms with Crippen LogP contribution in [0.1, 0.15) is 15.2 Å². The van der Waals surface area contributed by atoms with Crippen molar-refractivity contribution in [3.63, 3.8) is 0 Å². The van der Waals surface area contributed by atoms with Crippen LogP contribution >= 0.6 is 11.3 Å². The van der Waals surface area contributed by atoms with Gasteiger partial charge in [0.2, 0.25) is 0 Å². The molecule has 0 fully saturated rings. The molecule has 0 spiro atoms. The highest BCUT2D eigenvalue weighted by Crippen LogP contribution is 2.11. The van der Waals surface area contributed by atoms with Crippen molar-refractivity contribution in [3.05, 3.63) is 52.2 Å². The van der Waals surface area contributed by atoms with Gasteiger partial charge in [-0.2, -0.15) is 0 Å². The summed E-state index contributed by atoms with van der Waals surface area (Å²) in [7, 11) is 3.36. The first-order valence-electron chi connectivity index (χ1n) is 7.08. The molecular weight excluding hydrogens is 328 g/mol. The number of carbonyl (C=O) groups is 2. The van der Waals surface area contributed by atoms with Crippen LogP contribution in [0.4, 0.5) is 5.69 Å². The van der Waals surface area contributed by atoms with Gasteiger partial charge in [-0.1, -0.05) is 11.2 Å². The third kappa shape index (κ3) is 4.82. The Bertz CT molecular complexity index is 724. The summed E-state index contributed by atoms with van der Waals surface area (Å²) in [4.78, 5) is 30.8. The van der Waals surface area contributed by atoms with Gasteiger partial charge in [0.05, 0.1) is 4.88 Å². The number of hydrogen-bond acceptors (Lipinski definition) is 5. The van der Waals surface area contributed by atoms with Gasteiger partial charge in [-0.15, -0.1) is 11.3 Å². The van der Waals surface area contributed by atoms with E-state index in [1.165, 1.54) is 16.2 Å². The normalized spacial score (nSPS) is 11.0. The zero-order valence-corrected chi connectivity index (χ0v) is 14.2. The van der Waals surface area contributed by atoms with Gasteiger partial charge in [0.25, 0.3) is 11.8 Å². The van der Waals surface area contributed by atoms with Crippen LogP contribution in [-0.4, -0.2) is 43.3 Å². The fourth-order valence-electron chi connectivity index (χ4n) is 1.78. The van der Waals surface area contributed by atoms with Crippen LogP contribution in [0.3, 0.4) is 0 Å². The summed E-state index contributed by atoms with van der Waals surface area (Å²) < 4.78 is 0. The first-order chi connectivity index (χ1) is 11.5. The summed E-state index contributed by atoms with van der Waals surface area (Å²) in [5, 5.41) is 8.22. The minimum absolute atomic E-state index is 0.102. The van der Waals surface area contributed by atoms with E-state index in [-0.39, 0.29) is 24.3 Å². The van der Waals surface area contributed by atoms with Gasteiger partial charge in [0.15, 0.2) is 12.4 Å². The van der Waals surface area contributed by atoms with Gasteiger partial charge in [-0.3, -0.25) is 9.59 Å². The lowest BCUT2D eigenvalue weighted by Gasteiger charge is -2.10. The van der Waals surface area contributed by atoms with E-state index in [4.69, 9.17) is 10.6 Å². The summed E-state index contributed by atoms with van der Waals surface area (Å²) in [6.07, 6.45) is 0. The van der Waals surface area contributed by atoms with Crippen molar-refractivity contribution in [2.75, 3.05) is 26.0 Å². The summed E-state index contributed by atoms with van der Waals surface area (Å²) in [6, 6.07) is 10.2. The van der Waals surface area contributed by atoms with Gasteiger partial charge in [0.1, 0.15) is 0 Å². The van der Waals surface area contributed by atoms with Gasteiger partial charge in [-0.25, -0.2) is 0 Å². The predicted molar refractivity (Wildman–Crippen MR) is 94.1 cm³/mol. The molecule has 7 nitrogen and oxygen atoms in total. The largest absolute Gasteiger partial charge is 0.384 e. The number of benzene rings is 1. The molecule has 0 aliphatic carbocycles. The first-order valence-corrected chi connectivity index (χ1v) is 7.96. The van der Waals surface area contributed by atoms with Crippen molar-refractivity contribution in [1.82, 2.24) is 4.90 Å². The Labute approximate surface area is 143 Å². The van der Waals surface area contributed by atoms with Crippen LogP contribution in [0.5, 0.6) is 0 Å². The number of rotatable bonds is 6. The predicted octanol–water partition coefficient (Wildman–Crippen LogP) is 1.73. The van der Waals surface area contributed by atoms with Crippen LogP contribution in [0.15, 0.2) is 46.9 Å². The molecule has 0 aliphatic rings. The maximum absolute atomic E-state index is 11.8. The number of carbonyl (C=O) groups excluding carboxylic acids is 2. The standard InChI is InChI=1S/C16H18N4O3S/c1-20(2)16(22)11-5-7-12(8-6-11)18-14(21)10-23-19-15(17)13-4-3-9-24-13/h3-9H,10H2,1-2H3,(H2,17,19)(H,18,21). The van der Waals surface area contributed by atoms with E-state index in [9.17, 15) is 9.59 Å². The van der Waals surface area contributed by atoms with E-state index in [1.807, 2.05) is 17.5 Å². The van der Waals surface area contributed by atoms with Crippen molar-refractivity contribution in [1.29, 1.82) is 0 Å². The van der Waals surface area contributed by atoms with Crippen LogP contribution < -0.4 is 11.1 Å². The molecule has 0 bridgehead atoms. The molecule has 0 radical (unpaired) electrons. The summed E-state index contributed by atoms with van der Waals surface area (Å²) in [5.41, 5.74) is 6.82. The van der Waals surface area contributed by atoms with Gasteiger partial charge >= 0.3 is 0 Å². The van der Waals surface area contributed by atoms with E-state index < -0.39 is 0 Å². The molecular formula is C16H18N4O3S.